The third-order valence-corrected chi connectivity index (χ3v) is 9.60. The predicted octanol–water partition coefficient (Wildman–Crippen LogP) is 2.59. The molecule has 0 spiro atoms. The molecule has 0 unspecified atom stereocenters. The maximum absolute atomic E-state index is 12.8. The van der Waals surface area contributed by atoms with E-state index in [1.54, 1.807) is 24.3 Å². The van der Waals surface area contributed by atoms with E-state index in [1.807, 2.05) is 0 Å². The van der Waals surface area contributed by atoms with Crippen molar-refractivity contribution in [2.45, 2.75) is 22.5 Å². The average Bonchev–Trinajstić information content (AvgIpc) is 3.35. The zero-order valence-corrected chi connectivity index (χ0v) is 19.4. The number of fused-ring (bicyclic) bond motifs is 5. The maximum Gasteiger partial charge on any atom is 0.308 e. The highest BCUT2D eigenvalue weighted by molar-refractivity contribution is 9.12. The second kappa shape index (κ2) is 8.42. The number of amides is 2. The number of rotatable bonds is 7. The van der Waals surface area contributed by atoms with Gasteiger partial charge < -0.3 is 9.47 Å². The largest absolute Gasteiger partial charge is 0.497 e. The first kappa shape index (κ1) is 21.5. The molecule has 1 aromatic carbocycles. The monoisotopic (exact) mass is 541 g/mol. The minimum absolute atomic E-state index is 0.0143. The molecule has 9 heteroatoms. The van der Waals surface area contributed by atoms with Crippen molar-refractivity contribution in [3.05, 3.63) is 29.8 Å². The number of carbonyl (C=O) groups is 4. The molecule has 2 bridgehead atoms. The van der Waals surface area contributed by atoms with Crippen LogP contribution in [0.25, 0.3) is 0 Å². The fourth-order valence-electron chi connectivity index (χ4n) is 4.91. The van der Waals surface area contributed by atoms with Crippen LogP contribution < -0.4 is 4.74 Å². The van der Waals surface area contributed by atoms with Crippen molar-refractivity contribution < 1.29 is 28.7 Å². The number of hydrogen-bond acceptors (Lipinski definition) is 6. The van der Waals surface area contributed by atoms with E-state index >= 15 is 0 Å². The Kier molecular flexibility index (Phi) is 6.03. The summed E-state index contributed by atoms with van der Waals surface area (Å²) in [5, 5.41) is 0. The summed E-state index contributed by atoms with van der Waals surface area (Å²) in [6.07, 6.45) is 0.736. The van der Waals surface area contributed by atoms with Gasteiger partial charge in [0.1, 0.15) is 5.75 Å². The van der Waals surface area contributed by atoms with E-state index in [0.717, 1.165) is 6.42 Å². The Balaban J connectivity index is 1.28. The topological polar surface area (TPSA) is 90.0 Å². The molecule has 1 heterocycles. The van der Waals surface area contributed by atoms with Crippen molar-refractivity contribution in [1.82, 2.24) is 4.90 Å². The van der Waals surface area contributed by atoms with Crippen LogP contribution in [0.4, 0.5) is 0 Å². The number of likely N-dealkylation sites (tertiary alicyclic amines) is 1. The van der Waals surface area contributed by atoms with Crippen molar-refractivity contribution in [1.29, 1.82) is 0 Å². The Morgan fingerprint density at radius 3 is 2.13 bits per heavy atom. The Morgan fingerprint density at radius 1 is 1.03 bits per heavy atom. The predicted molar refractivity (Wildman–Crippen MR) is 114 cm³/mol. The standard InChI is InChI=1S/C21H21Br2NO6/c1-29-11-4-2-10(3-5-11)14(25)9-30-15(26)6-7-24-20(27)16-12-8-13(17(16)21(24)28)19(23)18(12)22/h2-5,12-13,16-19H,6-9H2,1H3/t12-,13-,16-,17+,18-,19+/m1/s1. The number of nitrogens with zero attached hydrogens (tertiary/aromatic N) is 1. The van der Waals surface area contributed by atoms with Gasteiger partial charge in [-0.05, 0) is 42.5 Å². The number of imide groups is 1. The molecule has 1 saturated heterocycles. The summed E-state index contributed by atoms with van der Waals surface area (Å²) in [6, 6.07) is 6.49. The molecule has 6 atom stereocenters. The summed E-state index contributed by atoms with van der Waals surface area (Å²) in [6.45, 7) is -0.404. The molecule has 0 radical (unpaired) electrons. The third kappa shape index (κ3) is 3.60. The van der Waals surface area contributed by atoms with E-state index in [-0.39, 0.29) is 70.5 Å². The SMILES string of the molecule is COc1ccc(C(=O)COC(=O)CCN2C(=O)[C@@H]3[C@H]4C[C@@H]([C@H](Br)[C@@H]4Br)[C@@H]3C2=O)cc1. The number of benzene rings is 1. The summed E-state index contributed by atoms with van der Waals surface area (Å²) in [7, 11) is 1.53. The van der Waals surface area contributed by atoms with Crippen LogP contribution in [0.2, 0.25) is 0 Å². The van der Waals surface area contributed by atoms with Gasteiger partial charge in [-0.1, -0.05) is 31.9 Å². The number of hydrogen-bond donors (Lipinski definition) is 0. The highest BCUT2D eigenvalue weighted by Crippen LogP contribution is 2.60. The molecule has 0 N–H and O–H groups in total. The van der Waals surface area contributed by atoms with Crippen LogP contribution in [0.15, 0.2) is 24.3 Å². The molecule has 1 aliphatic heterocycles. The smallest absolute Gasteiger partial charge is 0.308 e. The lowest BCUT2D eigenvalue weighted by atomic mass is 9.81. The van der Waals surface area contributed by atoms with E-state index < -0.39 is 5.97 Å². The molecule has 1 aromatic rings. The zero-order valence-electron chi connectivity index (χ0n) is 16.3. The van der Waals surface area contributed by atoms with Crippen LogP contribution >= 0.6 is 31.9 Å². The molecule has 2 saturated carbocycles. The molecule has 2 aliphatic carbocycles. The Morgan fingerprint density at radius 2 is 1.60 bits per heavy atom. The minimum Gasteiger partial charge on any atom is -0.497 e. The van der Waals surface area contributed by atoms with Gasteiger partial charge in [0, 0.05) is 21.8 Å². The summed E-state index contributed by atoms with van der Waals surface area (Å²) in [5.41, 5.74) is 0.408. The van der Waals surface area contributed by atoms with Gasteiger partial charge in [-0.25, -0.2) is 0 Å². The Bertz CT molecular complexity index is 856. The molecule has 0 aromatic heterocycles. The second-order valence-corrected chi connectivity index (χ2v) is 10.0. The van der Waals surface area contributed by atoms with Gasteiger partial charge in [0.05, 0.1) is 25.4 Å². The van der Waals surface area contributed by atoms with Gasteiger partial charge in [0.15, 0.2) is 12.4 Å². The van der Waals surface area contributed by atoms with E-state index in [4.69, 9.17) is 9.47 Å². The molecular formula is C21H21Br2NO6. The van der Waals surface area contributed by atoms with Crippen LogP contribution in [0, 0.1) is 23.7 Å². The molecule has 3 fully saturated rings. The van der Waals surface area contributed by atoms with E-state index in [1.165, 1.54) is 12.0 Å². The molecule has 4 rings (SSSR count). The van der Waals surface area contributed by atoms with Gasteiger partial charge in [-0.2, -0.15) is 0 Å². The van der Waals surface area contributed by atoms with Crippen LogP contribution in [-0.4, -0.2) is 58.4 Å². The Labute approximate surface area is 190 Å². The first-order chi connectivity index (χ1) is 14.3. The van der Waals surface area contributed by atoms with Gasteiger partial charge in [0.2, 0.25) is 11.8 Å². The van der Waals surface area contributed by atoms with Crippen LogP contribution in [-0.2, 0) is 19.1 Å². The first-order valence-electron chi connectivity index (χ1n) is 9.79. The Hall–Kier alpha value is -1.74. The average molecular weight is 543 g/mol. The number of Topliss-reactive ketones (excluding diaryl/α,β-unsaturated/α-hetero) is 1. The van der Waals surface area contributed by atoms with Crippen molar-refractivity contribution in [2.24, 2.45) is 23.7 Å². The fourth-order valence-corrected chi connectivity index (χ4v) is 6.79. The molecule has 160 valence electrons. The summed E-state index contributed by atoms with van der Waals surface area (Å²) >= 11 is 7.29. The molecule has 7 nitrogen and oxygen atoms in total. The van der Waals surface area contributed by atoms with E-state index in [0.29, 0.717) is 11.3 Å². The molecule has 2 amide bonds. The summed E-state index contributed by atoms with van der Waals surface area (Å²) in [5.74, 6) is -1.03. The number of esters is 1. The van der Waals surface area contributed by atoms with Gasteiger partial charge in [-0.3, -0.25) is 24.1 Å². The van der Waals surface area contributed by atoms with Crippen LogP contribution in [0.1, 0.15) is 23.2 Å². The quantitative estimate of drug-likeness (QED) is 0.228. The lowest BCUT2D eigenvalue weighted by molar-refractivity contribution is -0.145. The lowest BCUT2D eigenvalue weighted by Crippen LogP contribution is -2.37. The van der Waals surface area contributed by atoms with E-state index in [9.17, 15) is 19.2 Å². The van der Waals surface area contributed by atoms with Gasteiger partial charge >= 0.3 is 5.97 Å². The number of halogens is 2. The summed E-state index contributed by atoms with van der Waals surface area (Å²) < 4.78 is 10.1. The number of carbonyl (C=O) groups excluding carboxylic acids is 4. The number of ketones is 1. The first-order valence-corrected chi connectivity index (χ1v) is 11.6. The van der Waals surface area contributed by atoms with Crippen molar-refractivity contribution >= 4 is 55.4 Å². The molecule has 3 aliphatic rings. The minimum atomic E-state index is -0.616. The number of methoxy groups -OCH3 is 1. The summed E-state index contributed by atoms with van der Waals surface area (Å²) in [4.78, 5) is 51.4. The van der Waals surface area contributed by atoms with Gasteiger partial charge in [0.25, 0.3) is 0 Å². The van der Waals surface area contributed by atoms with Crippen LogP contribution in [0.3, 0.4) is 0 Å². The highest BCUT2D eigenvalue weighted by atomic mass is 79.9. The third-order valence-electron chi connectivity index (χ3n) is 6.39. The zero-order chi connectivity index (χ0) is 21.6. The maximum atomic E-state index is 12.8. The van der Waals surface area contributed by atoms with Crippen LogP contribution in [0.5, 0.6) is 5.75 Å². The molecular weight excluding hydrogens is 522 g/mol. The highest BCUT2D eigenvalue weighted by Gasteiger charge is 2.66. The van der Waals surface area contributed by atoms with Crippen molar-refractivity contribution in [3.63, 3.8) is 0 Å². The molecule has 30 heavy (non-hydrogen) atoms. The van der Waals surface area contributed by atoms with Gasteiger partial charge in [-0.15, -0.1) is 0 Å². The second-order valence-electron chi connectivity index (χ2n) is 7.89. The lowest BCUT2D eigenvalue weighted by Gasteiger charge is -2.28. The number of ether oxygens (including phenoxy) is 2. The normalized spacial score (nSPS) is 31.8. The van der Waals surface area contributed by atoms with Crippen molar-refractivity contribution in [2.75, 3.05) is 20.3 Å². The van der Waals surface area contributed by atoms with Crippen molar-refractivity contribution in [3.8, 4) is 5.75 Å². The number of alkyl halides is 2. The fraction of sp³-hybridized carbons (Fsp3) is 0.524. The van der Waals surface area contributed by atoms with E-state index in [2.05, 4.69) is 31.9 Å².